The summed E-state index contributed by atoms with van der Waals surface area (Å²) in [5.41, 5.74) is 1.86. The second-order valence-electron chi connectivity index (χ2n) is 5.18. The van der Waals surface area contributed by atoms with Crippen LogP contribution in [0.5, 0.6) is 0 Å². The summed E-state index contributed by atoms with van der Waals surface area (Å²) in [6.07, 6.45) is 2.35. The normalized spacial score (nSPS) is 14.1. The quantitative estimate of drug-likeness (QED) is 0.712. The van der Waals surface area contributed by atoms with Gasteiger partial charge in [0.1, 0.15) is 17.5 Å². The minimum Gasteiger partial charge on any atom is -0.373 e. The van der Waals surface area contributed by atoms with E-state index in [0.29, 0.717) is 10.9 Å². The maximum absolute atomic E-state index is 6.29. The Morgan fingerprint density at radius 2 is 1.95 bits per heavy atom. The Balaban J connectivity index is 1.98. The third-order valence-corrected chi connectivity index (χ3v) is 4.51. The highest BCUT2D eigenvalue weighted by molar-refractivity contribution is 14.1. The van der Waals surface area contributed by atoms with Crippen molar-refractivity contribution >= 4 is 51.5 Å². The van der Waals surface area contributed by atoms with Gasteiger partial charge in [0.05, 0.1) is 10.7 Å². The Bertz CT molecular complexity index is 686. The largest absolute Gasteiger partial charge is 0.373 e. The van der Waals surface area contributed by atoms with Gasteiger partial charge in [-0.25, -0.2) is 9.97 Å². The van der Waals surface area contributed by atoms with Crippen molar-refractivity contribution in [1.29, 1.82) is 0 Å². The van der Waals surface area contributed by atoms with Gasteiger partial charge in [-0.1, -0.05) is 11.6 Å². The Kier molecular flexibility index (Phi) is 4.21. The van der Waals surface area contributed by atoms with Gasteiger partial charge < -0.3 is 10.6 Å². The van der Waals surface area contributed by atoms with Gasteiger partial charge in [0.25, 0.3) is 0 Å². The van der Waals surface area contributed by atoms with Crippen LogP contribution in [0.3, 0.4) is 0 Å². The molecule has 6 heteroatoms. The topological polar surface area (TPSA) is 49.8 Å². The number of anilines is 3. The van der Waals surface area contributed by atoms with Crippen molar-refractivity contribution in [3.05, 3.63) is 38.2 Å². The average molecular weight is 415 g/mol. The van der Waals surface area contributed by atoms with Crippen LogP contribution in [-0.2, 0) is 0 Å². The molecule has 1 fully saturated rings. The van der Waals surface area contributed by atoms with Crippen LogP contribution in [0.4, 0.5) is 17.3 Å². The van der Waals surface area contributed by atoms with E-state index in [1.165, 1.54) is 12.8 Å². The lowest BCUT2D eigenvalue weighted by atomic mass is 10.2. The van der Waals surface area contributed by atoms with Crippen LogP contribution < -0.4 is 10.6 Å². The monoisotopic (exact) mass is 414 g/mol. The van der Waals surface area contributed by atoms with Crippen LogP contribution >= 0.6 is 34.2 Å². The van der Waals surface area contributed by atoms with Crippen LogP contribution in [0, 0.1) is 10.5 Å². The molecule has 0 aliphatic heterocycles. The Hall–Kier alpha value is -1.08. The summed E-state index contributed by atoms with van der Waals surface area (Å²) in [7, 11) is 1.88. The molecule has 1 aliphatic carbocycles. The van der Waals surface area contributed by atoms with Crippen molar-refractivity contribution in [2.75, 3.05) is 17.7 Å². The first-order chi connectivity index (χ1) is 10.1. The lowest BCUT2D eigenvalue weighted by Crippen LogP contribution is -2.07. The molecule has 1 aromatic carbocycles. The number of aromatic nitrogens is 2. The second kappa shape index (κ2) is 5.96. The van der Waals surface area contributed by atoms with Crippen LogP contribution in [0.25, 0.3) is 0 Å². The van der Waals surface area contributed by atoms with Crippen molar-refractivity contribution in [1.82, 2.24) is 9.97 Å². The van der Waals surface area contributed by atoms with Crippen molar-refractivity contribution in [3.8, 4) is 0 Å². The first-order valence-corrected chi connectivity index (χ1v) is 8.32. The molecule has 0 amide bonds. The van der Waals surface area contributed by atoms with Gasteiger partial charge in [-0.05, 0) is 60.6 Å². The van der Waals surface area contributed by atoms with Crippen LogP contribution in [0.2, 0.25) is 5.02 Å². The van der Waals surface area contributed by atoms with E-state index in [4.69, 9.17) is 11.6 Å². The summed E-state index contributed by atoms with van der Waals surface area (Å²) in [5.74, 6) is 3.11. The molecule has 0 unspecified atom stereocenters. The van der Waals surface area contributed by atoms with E-state index in [0.717, 1.165) is 32.3 Å². The van der Waals surface area contributed by atoms with E-state index in [9.17, 15) is 0 Å². The summed E-state index contributed by atoms with van der Waals surface area (Å²) >= 11 is 8.54. The van der Waals surface area contributed by atoms with Crippen molar-refractivity contribution in [2.45, 2.75) is 25.7 Å². The van der Waals surface area contributed by atoms with Crippen molar-refractivity contribution in [2.24, 2.45) is 0 Å². The number of halogens is 2. The molecule has 4 nitrogen and oxygen atoms in total. The van der Waals surface area contributed by atoms with Crippen molar-refractivity contribution < 1.29 is 0 Å². The zero-order valence-corrected chi connectivity index (χ0v) is 14.8. The molecule has 0 bridgehead atoms. The molecule has 0 spiro atoms. The van der Waals surface area contributed by atoms with Crippen LogP contribution in [0.15, 0.2) is 18.2 Å². The molecule has 1 heterocycles. The maximum atomic E-state index is 6.29. The highest BCUT2D eigenvalue weighted by atomic mass is 127. The van der Waals surface area contributed by atoms with Gasteiger partial charge in [0.2, 0.25) is 0 Å². The molecule has 0 radical (unpaired) electrons. The van der Waals surface area contributed by atoms with Crippen molar-refractivity contribution in [3.63, 3.8) is 0 Å². The van der Waals surface area contributed by atoms with E-state index in [1.54, 1.807) is 0 Å². The molecular formula is C15H16ClIN4. The average Bonchev–Trinajstić information content (AvgIpc) is 3.28. The molecule has 1 aliphatic rings. The van der Waals surface area contributed by atoms with Gasteiger partial charge in [-0.3, -0.25) is 0 Å². The number of hydrogen-bond donors (Lipinski definition) is 2. The molecule has 1 aromatic heterocycles. The molecule has 0 atom stereocenters. The number of benzene rings is 1. The molecule has 2 aromatic rings. The van der Waals surface area contributed by atoms with Gasteiger partial charge in [0.15, 0.2) is 0 Å². The summed E-state index contributed by atoms with van der Waals surface area (Å²) in [5, 5.41) is 7.18. The zero-order chi connectivity index (χ0) is 15.0. The molecule has 2 N–H and O–H groups in total. The van der Waals surface area contributed by atoms with Gasteiger partial charge in [-0.2, -0.15) is 0 Å². The molecule has 3 rings (SSSR count). The number of rotatable bonds is 4. The predicted molar refractivity (Wildman–Crippen MR) is 95.7 cm³/mol. The summed E-state index contributed by atoms with van der Waals surface area (Å²) in [4.78, 5) is 9.27. The fourth-order valence-electron chi connectivity index (χ4n) is 2.14. The SMILES string of the molecule is CNc1nc(C2CC2)nc(Nc2ccc(I)cc2Cl)c1C. The van der Waals surface area contributed by atoms with Crippen LogP contribution in [-0.4, -0.2) is 17.0 Å². The lowest BCUT2D eigenvalue weighted by molar-refractivity contribution is 0.924. The molecule has 0 saturated heterocycles. The summed E-state index contributed by atoms with van der Waals surface area (Å²) in [6.45, 7) is 2.01. The molecule has 1 saturated carbocycles. The first kappa shape index (κ1) is 14.8. The Morgan fingerprint density at radius 3 is 2.57 bits per heavy atom. The van der Waals surface area contributed by atoms with E-state index >= 15 is 0 Å². The maximum Gasteiger partial charge on any atom is 0.139 e. The van der Waals surface area contributed by atoms with Gasteiger partial charge in [0, 0.05) is 22.1 Å². The minimum absolute atomic E-state index is 0.505. The smallest absolute Gasteiger partial charge is 0.139 e. The number of nitrogens with zero attached hydrogens (tertiary/aromatic N) is 2. The fourth-order valence-corrected chi connectivity index (χ4v) is 3.04. The second-order valence-corrected chi connectivity index (χ2v) is 6.83. The summed E-state index contributed by atoms with van der Waals surface area (Å²) in [6, 6.07) is 5.93. The summed E-state index contributed by atoms with van der Waals surface area (Å²) < 4.78 is 1.11. The van der Waals surface area contributed by atoms with E-state index in [2.05, 4.69) is 43.2 Å². The zero-order valence-electron chi connectivity index (χ0n) is 11.9. The van der Waals surface area contributed by atoms with E-state index in [-0.39, 0.29) is 0 Å². The lowest BCUT2D eigenvalue weighted by Gasteiger charge is -2.14. The van der Waals surface area contributed by atoms with E-state index < -0.39 is 0 Å². The third kappa shape index (κ3) is 3.23. The van der Waals surface area contributed by atoms with Crippen LogP contribution in [0.1, 0.15) is 30.1 Å². The third-order valence-electron chi connectivity index (χ3n) is 3.53. The molecule has 110 valence electrons. The fraction of sp³-hybridized carbons (Fsp3) is 0.333. The predicted octanol–water partition coefficient (Wildman–Crippen LogP) is 4.71. The molecule has 21 heavy (non-hydrogen) atoms. The highest BCUT2D eigenvalue weighted by Crippen LogP contribution is 2.40. The first-order valence-electron chi connectivity index (χ1n) is 6.87. The van der Waals surface area contributed by atoms with Gasteiger partial charge >= 0.3 is 0 Å². The standard InChI is InChI=1S/C15H16ClIN4/c1-8-13(18-2)20-15(9-3-4-9)21-14(8)19-12-6-5-10(17)7-11(12)16/h5-7,9H,3-4H2,1-2H3,(H2,18,19,20,21). The Labute approximate surface area is 142 Å². The van der Waals surface area contributed by atoms with Gasteiger partial charge in [-0.15, -0.1) is 0 Å². The number of nitrogens with one attached hydrogen (secondary N) is 2. The minimum atomic E-state index is 0.505. The van der Waals surface area contributed by atoms with E-state index in [1.807, 2.05) is 32.2 Å². The molecular weight excluding hydrogens is 399 g/mol. The Morgan fingerprint density at radius 1 is 1.24 bits per heavy atom. The number of hydrogen-bond acceptors (Lipinski definition) is 4. The highest BCUT2D eigenvalue weighted by Gasteiger charge is 2.28.